The van der Waals surface area contributed by atoms with Crippen LogP contribution in [0.5, 0.6) is 0 Å². The van der Waals surface area contributed by atoms with Crippen LogP contribution < -0.4 is 4.90 Å². The van der Waals surface area contributed by atoms with E-state index in [-0.39, 0.29) is 5.76 Å². The first-order valence-corrected chi connectivity index (χ1v) is 5.86. The van der Waals surface area contributed by atoms with E-state index in [1.54, 1.807) is 18.2 Å². The maximum atomic E-state index is 12.4. The van der Waals surface area contributed by atoms with Crippen LogP contribution in [0.2, 0.25) is 0 Å². The summed E-state index contributed by atoms with van der Waals surface area (Å²) in [7, 11) is 0. The van der Waals surface area contributed by atoms with Crippen LogP contribution in [0.1, 0.15) is 16.1 Å². The average Bonchev–Trinajstić information content (AvgIpc) is 3.05. The number of fused-ring (bicyclic) bond motifs is 1. The minimum absolute atomic E-state index is 0.142. The molecule has 5 heteroatoms. The SMILES string of the molecule is O=C(O)[C@@H]1Cc2ccccc2N1C(=O)c1ccco1. The van der Waals surface area contributed by atoms with Crippen molar-refractivity contribution in [3.8, 4) is 0 Å². The van der Waals surface area contributed by atoms with E-state index in [9.17, 15) is 14.7 Å². The summed E-state index contributed by atoms with van der Waals surface area (Å²) in [6.07, 6.45) is 1.71. The number of carboxylic acid groups (broad SMARTS) is 1. The maximum absolute atomic E-state index is 12.4. The number of carboxylic acids is 1. The highest BCUT2D eigenvalue weighted by molar-refractivity contribution is 6.09. The van der Waals surface area contributed by atoms with Crippen molar-refractivity contribution in [2.45, 2.75) is 12.5 Å². The predicted molar refractivity (Wildman–Crippen MR) is 67.1 cm³/mol. The molecule has 1 amide bonds. The van der Waals surface area contributed by atoms with Crippen molar-refractivity contribution in [2.75, 3.05) is 4.90 Å². The van der Waals surface area contributed by atoms with E-state index in [0.29, 0.717) is 12.1 Å². The van der Waals surface area contributed by atoms with E-state index in [2.05, 4.69) is 0 Å². The van der Waals surface area contributed by atoms with Crippen molar-refractivity contribution in [3.63, 3.8) is 0 Å². The first-order chi connectivity index (χ1) is 9.18. The maximum Gasteiger partial charge on any atom is 0.327 e. The molecule has 1 aromatic heterocycles. The Balaban J connectivity index is 2.05. The van der Waals surface area contributed by atoms with Crippen LogP contribution in [-0.2, 0) is 11.2 Å². The van der Waals surface area contributed by atoms with Gasteiger partial charge in [0, 0.05) is 12.1 Å². The van der Waals surface area contributed by atoms with Gasteiger partial charge in [0.05, 0.1) is 6.26 Å². The molecule has 2 heterocycles. The molecule has 0 spiro atoms. The number of hydrogen-bond acceptors (Lipinski definition) is 3. The molecule has 3 rings (SSSR count). The third kappa shape index (κ3) is 1.79. The van der Waals surface area contributed by atoms with Gasteiger partial charge < -0.3 is 9.52 Å². The van der Waals surface area contributed by atoms with E-state index in [0.717, 1.165) is 5.56 Å². The first kappa shape index (κ1) is 11.5. The molecular weight excluding hydrogens is 246 g/mol. The van der Waals surface area contributed by atoms with Gasteiger partial charge in [-0.1, -0.05) is 18.2 Å². The van der Waals surface area contributed by atoms with Crippen LogP contribution in [0.25, 0.3) is 0 Å². The highest BCUT2D eigenvalue weighted by Crippen LogP contribution is 2.33. The molecule has 0 bridgehead atoms. The minimum Gasteiger partial charge on any atom is -0.480 e. The Labute approximate surface area is 109 Å². The van der Waals surface area contributed by atoms with Gasteiger partial charge in [-0.05, 0) is 23.8 Å². The molecule has 0 fully saturated rings. The van der Waals surface area contributed by atoms with Crippen molar-refractivity contribution in [1.82, 2.24) is 0 Å². The second-order valence-corrected chi connectivity index (χ2v) is 4.34. The van der Waals surface area contributed by atoms with Gasteiger partial charge >= 0.3 is 5.97 Å². The molecule has 0 radical (unpaired) electrons. The average molecular weight is 257 g/mol. The number of furan rings is 1. The second kappa shape index (κ2) is 4.28. The molecule has 2 aromatic rings. The normalized spacial score (nSPS) is 17.3. The quantitative estimate of drug-likeness (QED) is 0.892. The van der Waals surface area contributed by atoms with Gasteiger partial charge in [0.15, 0.2) is 5.76 Å². The van der Waals surface area contributed by atoms with Crippen molar-refractivity contribution < 1.29 is 19.1 Å². The second-order valence-electron chi connectivity index (χ2n) is 4.34. The van der Waals surface area contributed by atoms with Gasteiger partial charge in [0.25, 0.3) is 5.91 Å². The zero-order valence-electron chi connectivity index (χ0n) is 9.95. The highest BCUT2D eigenvalue weighted by atomic mass is 16.4. The Morgan fingerprint density at radius 2 is 2.00 bits per heavy atom. The fourth-order valence-electron chi connectivity index (χ4n) is 2.35. The van der Waals surface area contributed by atoms with Crippen molar-refractivity contribution >= 4 is 17.6 Å². The standard InChI is InChI=1S/C14H11NO4/c16-13(12-6-3-7-19-12)15-10-5-2-1-4-9(10)8-11(15)14(17)18/h1-7,11H,8H2,(H,17,18)/t11-/m0/s1. The molecule has 0 unspecified atom stereocenters. The molecule has 5 nitrogen and oxygen atoms in total. The lowest BCUT2D eigenvalue weighted by molar-refractivity contribution is -0.138. The van der Waals surface area contributed by atoms with Crippen molar-refractivity contribution in [1.29, 1.82) is 0 Å². The summed E-state index contributed by atoms with van der Waals surface area (Å²) >= 11 is 0. The molecule has 1 atom stereocenters. The number of aliphatic carboxylic acids is 1. The van der Waals surface area contributed by atoms with Crippen LogP contribution in [0.3, 0.4) is 0 Å². The number of carbonyl (C=O) groups is 2. The Morgan fingerprint density at radius 3 is 2.68 bits per heavy atom. The van der Waals surface area contributed by atoms with Gasteiger partial charge in [-0.3, -0.25) is 9.69 Å². The fraction of sp³-hybridized carbons (Fsp3) is 0.143. The summed E-state index contributed by atoms with van der Waals surface area (Å²) in [5, 5.41) is 9.28. The predicted octanol–water partition coefficient (Wildman–Crippen LogP) is 1.94. The van der Waals surface area contributed by atoms with Gasteiger partial charge in [-0.2, -0.15) is 0 Å². The molecule has 96 valence electrons. The molecule has 0 saturated heterocycles. The summed E-state index contributed by atoms with van der Waals surface area (Å²) in [5.41, 5.74) is 1.49. The number of benzene rings is 1. The van der Waals surface area contributed by atoms with Crippen LogP contribution in [0.4, 0.5) is 5.69 Å². The minimum atomic E-state index is -1.02. The van der Waals surface area contributed by atoms with E-state index >= 15 is 0 Å². The molecule has 1 aromatic carbocycles. The molecule has 0 saturated carbocycles. The number of hydrogen-bond donors (Lipinski definition) is 1. The lowest BCUT2D eigenvalue weighted by Crippen LogP contribution is -2.42. The summed E-state index contributed by atoms with van der Waals surface area (Å²) in [6, 6.07) is 9.45. The summed E-state index contributed by atoms with van der Waals surface area (Å²) in [5.74, 6) is -1.30. The number of nitrogens with zero attached hydrogens (tertiary/aromatic N) is 1. The van der Waals surface area contributed by atoms with Crippen molar-refractivity contribution in [2.24, 2.45) is 0 Å². The highest BCUT2D eigenvalue weighted by Gasteiger charge is 2.39. The van der Waals surface area contributed by atoms with Gasteiger partial charge in [0.1, 0.15) is 6.04 Å². The number of carbonyl (C=O) groups excluding carboxylic acids is 1. The largest absolute Gasteiger partial charge is 0.480 e. The van der Waals surface area contributed by atoms with Gasteiger partial charge in [-0.25, -0.2) is 4.79 Å². The van der Waals surface area contributed by atoms with Crippen LogP contribution in [0.15, 0.2) is 47.1 Å². The van der Waals surface area contributed by atoms with Crippen LogP contribution in [-0.4, -0.2) is 23.0 Å². The third-order valence-corrected chi connectivity index (χ3v) is 3.21. The Morgan fingerprint density at radius 1 is 1.21 bits per heavy atom. The monoisotopic (exact) mass is 257 g/mol. The number of para-hydroxylation sites is 1. The molecule has 1 aliphatic rings. The van der Waals surface area contributed by atoms with Crippen LogP contribution >= 0.6 is 0 Å². The number of amides is 1. The Bertz CT molecular complexity index is 633. The summed E-state index contributed by atoms with van der Waals surface area (Å²) in [4.78, 5) is 25.0. The van der Waals surface area contributed by atoms with E-state index in [4.69, 9.17) is 4.42 Å². The zero-order chi connectivity index (χ0) is 13.4. The molecular formula is C14H11NO4. The van der Waals surface area contributed by atoms with Gasteiger partial charge in [0.2, 0.25) is 0 Å². The zero-order valence-corrected chi connectivity index (χ0v) is 9.95. The first-order valence-electron chi connectivity index (χ1n) is 5.86. The van der Waals surface area contributed by atoms with Crippen molar-refractivity contribution in [3.05, 3.63) is 54.0 Å². The molecule has 1 N–H and O–H groups in total. The number of anilines is 1. The molecule has 1 aliphatic heterocycles. The van der Waals surface area contributed by atoms with Gasteiger partial charge in [-0.15, -0.1) is 0 Å². The Kier molecular flexibility index (Phi) is 2.59. The Hall–Kier alpha value is -2.56. The van der Waals surface area contributed by atoms with E-state index in [1.807, 2.05) is 12.1 Å². The molecule has 19 heavy (non-hydrogen) atoms. The lowest BCUT2D eigenvalue weighted by atomic mass is 10.1. The van der Waals surface area contributed by atoms with Crippen LogP contribution in [0, 0.1) is 0 Å². The lowest BCUT2D eigenvalue weighted by Gasteiger charge is -2.21. The molecule has 0 aliphatic carbocycles. The fourth-order valence-corrected chi connectivity index (χ4v) is 2.35. The van der Waals surface area contributed by atoms with E-state index < -0.39 is 17.9 Å². The topological polar surface area (TPSA) is 70.8 Å². The number of rotatable bonds is 2. The summed E-state index contributed by atoms with van der Waals surface area (Å²) in [6.45, 7) is 0. The van der Waals surface area contributed by atoms with E-state index in [1.165, 1.54) is 17.2 Å². The third-order valence-electron chi connectivity index (χ3n) is 3.21. The summed E-state index contributed by atoms with van der Waals surface area (Å²) < 4.78 is 5.07. The smallest absolute Gasteiger partial charge is 0.327 e.